The molecule has 0 aromatic rings. The van der Waals surface area contributed by atoms with Gasteiger partial charge in [-0.2, -0.15) is 0 Å². The molecule has 11 heavy (non-hydrogen) atoms. The summed E-state index contributed by atoms with van der Waals surface area (Å²) in [6.45, 7) is 3.44. The molecule has 2 N–H and O–H groups in total. The van der Waals surface area contributed by atoms with E-state index in [9.17, 15) is 9.59 Å². The zero-order chi connectivity index (χ0) is 8.85. The van der Waals surface area contributed by atoms with E-state index in [-0.39, 0.29) is 17.9 Å². The summed E-state index contributed by atoms with van der Waals surface area (Å²) in [5.74, 6) is -0.296. The van der Waals surface area contributed by atoms with Crippen molar-refractivity contribution in [3.63, 3.8) is 0 Å². The van der Waals surface area contributed by atoms with Crippen molar-refractivity contribution in [2.45, 2.75) is 32.8 Å². The van der Waals surface area contributed by atoms with Gasteiger partial charge in [0.05, 0.1) is 0 Å². The summed E-state index contributed by atoms with van der Waals surface area (Å²) < 4.78 is 0. The molecule has 1 rings (SSSR count). The first-order chi connectivity index (χ1) is 5.02. The molecule has 0 aromatic carbocycles. The van der Waals surface area contributed by atoms with Crippen molar-refractivity contribution in [2.24, 2.45) is 0 Å². The first-order valence-corrected chi connectivity index (χ1v) is 3.53. The van der Waals surface area contributed by atoms with Crippen LogP contribution in [0.15, 0.2) is 0 Å². The lowest BCUT2D eigenvalue weighted by molar-refractivity contribution is -0.124. The van der Waals surface area contributed by atoms with Crippen LogP contribution >= 0.6 is 0 Å². The molecule has 0 spiro atoms. The molecule has 0 aromatic heterocycles. The number of hydrogen-bond donors (Lipinski definition) is 2. The predicted molar refractivity (Wildman–Crippen MR) is 39.7 cm³/mol. The smallest absolute Gasteiger partial charge is 0.227 e. The van der Waals surface area contributed by atoms with Crippen molar-refractivity contribution in [1.82, 2.24) is 5.32 Å². The van der Waals surface area contributed by atoms with Gasteiger partial charge < -0.3 is 5.11 Å². The van der Waals surface area contributed by atoms with Crippen LogP contribution < -0.4 is 5.32 Å². The van der Waals surface area contributed by atoms with Crippen LogP contribution in [0.4, 0.5) is 0 Å². The van der Waals surface area contributed by atoms with Gasteiger partial charge in [0.1, 0.15) is 0 Å². The van der Waals surface area contributed by atoms with Gasteiger partial charge in [-0.05, 0) is 13.8 Å². The van der Waals surface area contributed by atoms with Gasteiger partial charge >= 0.3 is 0 Å². The molecule has 0 aliphatic carbocycles. The third-order valence-corrected chi connectivity index (χ3v) is 0.858. The molecule has 2 amide bonds. The van der Waals surface area contributed by atoms with E-state index in [0.29, 0.717) is 12.8 Å². The van der Waals surface area contributed by atoms with Crippen LogP contribution in [0.3, 0.4) is 0 Å². The number of aliphatic hydroxyl groups excluding tert-OH is 1. The van der Waals surface area contributed by atoms with E-state index in [1.165, 1.54) is 0 Å². The fourth-order valence-corrected chi connectivity index (χ4v) is 0.508. The largest absolute Gasteiger partial charge is 0.394 e. The van der Waals surface area contributed by atoms with Gasteiger partial charge in [-0.15, -0.1) is 0 Å². The highest BCUT2D eigenvalue weighted by Gasteiger charge is 2.15. The van der Waals surface area contributed by atoms with Gasteiger partial charge in [-0.25, -0.2) is 0 Å². The van der Waals surface area contributed by atoms with E-state index >= 15 is 0 Å². The van der Waals surface area contributed by atoms with E-state index in [1.54, 1.807) is 13.8 Å². The molecule has 0 atom stereocenters. The lowest BCUT2D eigenvalue weighted by atomic mass is 10.4. The first kappa shape index (κ1) is 10.1. The summed E-state index contributed by atoms with van der Waals surface area (Å²) in [5, 5.41) is 10.2. The highest BCUT2D eigenvalue weighted by Crippen LogP contribution is 1.95. The molecule has 0 bridgehead atoms. The number of aliphatic hydroxyl groups is 1. The Morgan fingerprint density at radius 1 is 1.27 bits per heavy atom. The number of carbonyl (C=O) groups excluding carboxylic acids is 2. The normalized spacial score (nSPS) is 16.0. The zero-order valence-electron chi connectivity index (χ0n) is 6.76. The Morgan fingerprint density at radius 2 is 1.55 bits per heavy atom. The Hall–Kier alpha value is -0.900. The predicted octanol–water partition coefficient (Wildman–Crippen LogP) is -0.190. The minimum absolute atomic E-state index is 0.148. The Bertz CT molecular complexity index is 137. The lowest BCUT2D eigenvalue weighted by Gasteiger charge is -1.80. The van der Waals surface area contributed by atoms with Crippen molar-refractivity contribution >= 4 is 11.8 Å². The molecule has 1 saturated heterocycles. The summed E-state index contributed by atoms with van der Waals surface area (Å²) in [4.78, 5) is 20.2. The maximum Gasteiger partial charge on any atom is 0.227 e. The highest BCUT2D eigenvalue weighted by atomic mass is 16.3. The molecule has 1 fully saturated rings. The number of imide groups is 1. The van der Waals surface area contributed by atoms with Crippen LogP contribution in [0.2, 0.25) is 0 Å². The quantitative estimate of drug-likeness (QED) is 0.481. The summed E-state index contributed by atoms with van der Waals surface area (Å²) in [5.41, 5.74) is 0. The Morgan fingerprint density at radius 3 is 1.64 bits per heavy atom. The van der Waals surface area contributed by atoms with Crippen LogP contribution in [0.25, 0.3) is 0 Å². The first-order valence-electron chi connectivity index (χ1n) is 3.53. The maximum absolute atomic E-state index is 10.1. The third kappa shape index (κ3) is 6.99. The van der Waals surface area contributed by atoms with Crippen molar-refractivity contribution in [2.75, 3.05) is 0 Å². The second-order valence-corrected chi connectivity index (χ2v) is 2.57. The monoisotopic (exact) mass is 159 g/mol. The average Bonchev–Trinajstić information content (AvgIpc) is 2.13. The van der Waals surface area contributed by atoms with Gasteiger partial charge in [-0.3, -0.25) is 14.9 Å². The molecule has 1 heterocycles. The maximum atomic E-state index is 10.1. The molecule has 0 radical (unpaired) electrons. The van der Waals surface area contributed by atoms with Crippen molar-refractivity contribution in [3.8, 4) is 0 Å². The van der Waals surface area contributed by atoms with Gasteiger partial charge in [0.25, 0.3) is 0 Å². The van der Waals surface area contributed by atoms with Crippen molar-refractivity contribution < 1.29 is 14.7 Å². The van der Waals surface area contributed by atoms with E-state index in [4.69, 9.17) is 5.11 Å². The van der Waals surface area contributed by atoms with E-state index < -0.39 is 0 Å². The lowest BCUT2D eigenvalue weighted by Crippen LogP contribution is -2.18. The second-order valence-electron chi connectivity index (χ2n) is 2.57. The average molecular weight is 159 g/mol. The fraction of sp³-hybridized carbons (Fsp3) is 0.714. The van der Waals surface area contributed by atoms with E-state index in [0.717, 1.165) is 0 Å². The number of amides is 2. The van der Waals surface area contributed by atoms with Crippen LogP contribution in [0.5, 0.6) is 0 Å². The molecule has 0 saturated carbocycles. The minimum atomic E-state index is -0.167. The minimum Gasteiger partial charge on any atom is -0.394 e. The molecule has 64 valence electrons. The van der Waals surface area contributed by atoms with E-state index in [1.807, 2.05) is 0 Å². The molecule has 1 aliphatic rings. The third-order valence-electron chi connectivity index (χ3n) is 0.858. The standard InChI is InChI=1S/C4H5NO2.C3H8O/c6-3-1-2-4(7)5-3;1-3(2)4/h1-2H2,(H,5,6,7);3-4H,1-2H3. The Balaban J connectivity index is 0.000000218. The van der Waals surface area contributed by atoms with Gasteiger partial charge in [-0.1, -0.05) is 0 Å². The SMILES string of the molecule is CC(C)O.O=C1CCC(=O)N1. The topological polar surface area (TPSA) is 66.4 Å². The number of hydrogen-bond acceptors (Lipinski definition) is 3. The summed E-state index contributed by atoms with van der Waals surface area (Å²) in [6, 6.07) is 0. The molecular formula is C7H13NO3. The number of nitrogens with one attached hydrogen (secondary N) is 1. The van der Waals surface area contributed by atoms with Gasteiger partial charge in [0, 0.05) is 18.9 Å². The second kappa shape index (κ2) is 4.85. The number of carbonyl (C=O) groups is 2. The van der Waals surface area contributed by atoms with Crippen LogP contribution in [-0.4, -0.2) is 23.0 Å². The summed E-state index contributed by atoms with van der Waals surface area (Å²) in [6.07, 6.45) is 0.581. The molecule has 4 heteroatoms. The van der Waals surface area contributed by atoms with Crippen LogP contribution in [0.1, 0.15) is 26.7 Å². The Kier molecular flexibility index (Phi) is 4.45. The number of rotatable bonds is 0. The fourth-order valence-electron chi connectivity index (χ4n) is 0.508. The molecule has 0 unspecified atom stereocenters. The summed E-state index contributed by atoms with van der Waals surface area (Å²) >= 11 is 0. The van der Waals surface area contributed by atoms with Crippen molar-refractivity contribution in [1.29, 1.82) is 0 Å². The molecule has 1 aliphatic heterocycles. The summed E-state index contributed by atoms with van der Waals surface area (Å²) in [7, 11) is 0. The van der Waals surface area contributed by atoms with Gasteiger partial charge in [0.2, 0.25) is 11.8 Å². The van der Waals surface area contributed by atoms with Gasteiger partial charge in [0.15, 0.2) is 0 Å². The molecule has 4 nitrogen and oxygen atoms in total. The van der Waals surface area contributed by atoms with E-state index in [2.05, 4.69) is 5.32 Å². The Labute approximate surface area is 65.6 Å². The zero-order valence-corrected chi connectivity index (χ0v) is 6.76. The van der Waals surface area contributed by atoms with Crippen LogP contribution in [0, 0.1) is 0 Å². The van der Waals surface area contributed by atoms with Crippen LogP contribution in [-0.2, 0) is 9.59 Å². The molecular weight excluding hydrogens is 146 g/mol. The highest BCUT2D eigenvalue weighted by molar-refractivity contribution is 6.01. The van der Waals surface area contributed by atoms with Crippen molar-refractivity contribution in [3.05, 3.63) is 0 Å².